The molecule has 0 aliphatic heterocycles. The van der Waals surface area contributed by atoms with E-state index in [0.29, 0.717) is 19.4 Å². The normalized spacial score (nSPS) is 13.2. The third-order valence-corrected chi connectivity index (χ3v) is 1.43. The second-order valence-corrected chi connectivity index (χ2v) is 3.22. The van der Waals surface area contributed by atoms with E-state index in [4.69, 9.17) is 4.74 Å². The predicted molar refractivity (Wildman–Crippen MR) is 42.5 cm³/mol. The molecule has 0 bridgehead atoms. The molecule has 0 aliphatic rings. The summed E-state index contributed by atoms with van der Waals surface area (Å²) in [6.45, 7) is 6.04. The molecule has 1 unspecified atom stereocenters. The van der Waals surface area contributed by atoms with Crippen LogP contribution >= 0.6 is 0 Å². The summed E-state index contributed by atoms with van der Waals surface area (Å²) >= 11 is 0. The maximum atomic E-state index is 10.0. The molecule has 0 aromatic heterocycles. The molecule has 0 heterocycles. The Hall–Kier alpha value is -1.06. The van der Waals surface area contributed by atoms with Crippen molar-refractivity contribution in [2.75, 3.05) is 0 Å². The summed E-state index contributed by atoms with van der Waals surface area (Å²) in [7, 11) is 0. The standard InChI is InChI=1S/C8H14O4/c1-7(11-5-9)4-8(2,3)12-6-10/h5-7H,4H2,1-3H3. The monoisotopic (exact) mass is 174 g/mol. The van der Waals surface area contributed by atoms with Crippen LogP contribution in [0, 0.1) is 0 Å². The lowest BCUT2D eigenvalue weighted by Gasteiger charge is -2.24. The highest BCUT2D eigenvalue weighted by molar-refractivity contribution is 5.38. The second-order valence-electron chi connectivity index (χ2n) is 3.22. The van der Waals surface area contributed by atoms with Crippen molar-refractivity contribution in [1.29, 1.82) is 0 Å². The van der Waals surface area contributed by atoms with Crippen LogP contribution in [0.25, 0.3) is 0 Å². The Morgan fingerprint density at radius 2 is 1.92 bits per heavy atom. The van der Waals surface area contributed by atoms with Crippen LogP contribution in [-0.4, -0.2) is 24.6 Å². The first kappa shape index (κ1) is 10.9. The fraction of sp³-hybridized carbons (Fsp3) is 0.750. The molecule has 0 spiro atoms. The minimum absolute atomic E-state index is 0.238. The second kappa shape index (κ2) is 4.74. The highest BCUT2D eigenvalue weighted by Gasteiger charge is 2.22. The summed E-state index contributed by atoms with van der Waals surface area (Å²) < 4.78 is 9.42. The number of carbonyl (C=O) groups is 2. The Balaban J connectivity index is 3.85. The van der Waals surface area contributed by atoms with E-state index in [9.17, 15) is 9.59 Å². The van der Waals surface area contributed by atoms with Crippen molar-refractivity contribution in [2.45, 2.75) is 38.9 Å². The van der Waals surface area contributed by atoms with Crippen LogP contribution in [0.2, 0.25) is 0 Å². The van der Waals surface area contributed by atoms with Gasteiger partial charge in [-0.3, -0.25) is 9.59 Å². The van der Waals surface area contributed by atoms with E-state index in [2.05, 4.69) is 4.74 Å². The van der Waals surface area contributed by atoms with Gasteiger partial charge in [-0.2, -0.15) is 0 Å². The maximum absolute atomic E-state index is 10.0. The molecule has 0 aliphatic carbocycles. The van der Waals surface area contributed by atoms with Crippen molar-refractivity contribution in [2.24, 2.45) is 0 Å². The van der Waals surface area contributed by atoms with Crippen LogP contribution in [-0.2, 0) is 19.1 Å². The molecule has 0 fully saturated rings. The molecule has 0 radical (unpaired) electrons. The quantitative estimate of drug-likeness (QED) is 0.561. The summed E-state index contributed by atoms with van der Waals surface area (Å²) in [6, 6.07) is 0. The van der Waals surface area contributed by atoms with E-state index >= 15 is 0 Å². The van der Waals surface area contributed by atoms with Gasteiger partial charge in [0.25, 0.3) is 12.9 Å². The highest BCUT2D eigenvalue weighted by Crippen LogP contribution is 2.16. The Labute approximate surface area is 71.8 Å². The van der Waals surface area contributed by atoms with E-state index in [0.717, 1.165) is 0 Å². The Bertz CT molecular complexity index is 153. The molecule has 4 nitrogen and oxygen atoms in total. The molecule has 12 heavy (non-hydrogen) atoms. The molecular formula is C8H14O4. The summed E-state index contributed by atoms with van der Waals surface area (Å²) in [5, 5.41) is 0. The molecule has 4 heteroatoms. The van der Waals surface area contributed by atoms with Crippen molar-refractivity contribution in [1.82, 2.24) is 0 Å². The number of hydrogen-bond acceptors (Lipinski definition) is 4. The summed E-state index contributed by atoms with van der Waals surface area (Å²) in [5.74, 6) is 0. The lowest BCUT2D eigenvalue weighted by molar-refractivity contribution is -0.145. The van der Waals surface area contributed by atoms with Crippen molar-refractivity contribution in [3.05, 3.63) is 0 Å². The minimum Gasteiger partial charge on any atom is -0.465 e. The molecule has 0 N–H and O–H groups in total. The van der Waals surface area contributed by atoms with Crippen molar-refractivity contribution in [3.63, 3.8) is 0 Å². The van der Waals surface area contributed by atoms with E-state index in [1.165, 1.54) is 0 Å². The smallest absolute Gasteiger partial charge is 0.293 e. The van der Waals surface area contributed by atoms with E-state index < -0.39 is 5.60 Å². The molecule has 0 saturated heterocycles. The zero-order valence-electron chi connectivity index (χ0n) is 7.57. The maximum Gasteiger partial charge on any atom is 0.293 e. The highest BCUT2D eigenvalue weighted by atomic mass is 16.5. The Morgan fingerprint density at radius 3 is 2.33 bits per heavy atom. The zero-order chi connectivity index (χ0) is 9.61. The van der Waals surface area contributed by atoms with E-state index in [1.54, 1.807) is 20.8 Å². The Morgan fingerprint density at radius 1 is 1.33 bits per heavy atom. The van der Waals surface area contributed by atoms with Crippen LogP contribution in [0.1, 0.15) is 27.2 Å². The van der Waals surface area contributed by atoms with Gasteiger partial charge in [0.1, 0.15) is 11.7 Å². The summed E-state index contributed by atoms with van der Waals surface area (Å²) in [4.78, 5) is 20.0. The first-order chi connectivity index (χ1) is 5.52. The molecule has 0 amide bonds. The van der Waals surface area contributed by atoms with Crippen molar-refractivity contribution >= 4 is 12.9 Å². The fourth-order valence-corrected chi connectivity index (χ4v) is 1.01. The van der Waals surface area contributed by atoms with Gasteiger partial charge >= 0.3 is 0 Å². The average Bonchev–Trinajstić information content (AvgIpc) is 1.85. The lowest BCUT2D eigenvalue weighted by atomic mass is 10.0. The Kier molecular flexibility index (Phi) is 4.33. The fourth-order valence-electron chi connectivity index (χ4n) is 1.01. The number of hydrogen-bond donors (Lipinski definition) is 0. The molecule has 1 atom stereocenters. The third-order valence-electron chi connectivity index (χ3n) is 1.43. The number of carbonyl (C=O) groups excluding carboxylic acids is 2. The topological polar surface area (TPSA) is 52.6 Å². The first-order valence-corrected chi connectivity index (χ1v) is 3.72. The first-order valence-electron chi connectivity index (χ1n) is 3.72. The van der Waals surface area contributed by atoms with Gasteiger partial charge in [-0.05, 0) is 20.8 Å². The third kappa shape index (κ3) is 4.71. The largest absolute Gasteiger partial charge is 0.465 e. The van der Waals surface area contributed by atoms with Gasteiger partial charge in [-0.1, -0.05) is 0 Å². The van der Waals surface area contributed by atoms with Gasteiger partial charge in [0, 0.05) is 6.42 Å². The van der Waals surface area contributed by atoms with E-state index in [1.807, 2.05) is 0 Å². The molecule has 0 saturated carbocycles. The molecule has 70 valence electrons. The van der Waals surface area contributed by atoms with Gasteiger partial charge in [0.2, 0.25) is 0 Å². The molecular weight excluding hydrogens is 160 g/mol. The molecule has 0 rings (SSSR count). The van der Waals surface area contributed by atoms with Gasteiger partial charge in [0.05, 0.1) is 0 Å². The van der Waals surface area contributed by atoms with Crippen LogP contribution in [0.4, 0.5) is 0 Å². The van der Waals surface area contributed by atoms with Crippen molar-refractivity contribution in [3.8, 4) is 0 Å². The lowest BCUT2D eigenvalue weighted by Crippen LogP contribution is -2.29. The zero-order valence-corrected chi connectivity index (χ0v) is 7.57. The van der Waals surface area contributed by atoms with Crippen LogP contribution in [0.3, 0.4) is 0 Å². The predicted octanol–water partition coefficient (Wildman–Crippen LogP) is 0.890. The van der Waals surface area contributed by atoms with Crippen molar-refractivity contribution < 1.29 is 19.1 Å². The van der Waals surface area contributed by atoms with Gasteiger partial charge in [0.15, 0.2) is 0 Å². The molecule has 0 aromatic carbocycles. The van der Waals surface area contributed by atoms with Crippen LogP contribution < -0.4 is 0 Å². The molecule has 0 aromatic rings. The van der Waals surface area contributed by atoms with E-state index in [-0.39, 0.29) is 6.10 Å². The van der Waals surface area contributed by atoms with Gasteiger partial charge in [-0.15, -0.1) is 0 Å². The van der Waals surface area contributed by atoms with Crippen LogP contribution in [0.15, 0.2) is 0 Å². The van der Waals surface area contributed by atoms with Gasteiger partial charge in [-0.25, -0.2) is 0 Å². The SMILES string of the molecule is CC(CC(C)(C)OC=O)OC=O. The van der Waals surface area contributed by atoms with Gasteiger partial charge < -0.3 is 9.47 Å². The number of rotatable bonds is 6. The average molecular weight is 174 g/mol. The minimum atomic E-state index is -0.579. The number of ether oxygens (including phenoxy) is 2. The van der Waals surface area contributed by atoms with Crippen LogP contribution in [0.5, 0.6) is 0 Å². The summed E-state index contributed by atoms with van der Waals surface area (Å²) in [5.41, 5.74) is -0.579. The summed E-state index contributed by atoms with van der Waals surface area (Å²) in [6.07, 6.45) is 0.252.